The summed E-state index contributed by atoms with van der Waals surface area (Å²) >= 11 is 7.56. The number of rotatable bonds is 6. The molecule has 3 N–H and O–H groups in total. The molecule has 2 rings (SSSR count). The first-order chi connectivity index (χ1) is 9.65. The number of hydrogen-bond donors (Lipinski definition) is 2. The molecule has 1 atom stereocenters. The number of aliphatic hydroxyl groups excluding tert-OH is 1. The molecule has 0 aliphatic heterocycles. The molecule has 0 aliphatic rings. The number of anilines is 1. The molecule has 106 valence electrons. The molecule has 0 amide bonds. The summed E-state index contributed by atoms with van der Waals surface area (Å²) in [5.74, 6) is 1.22. The van der Waals surface area contributed by atoms with Gasteiger partial charge in [-0.25, -0.2) is 0 Å². The first-order valence-corrected chi connectivity index (χ1v) is 7.55. The lowest BCUT2D eigenvalue weighted by Gasteiger charge is -2.12. The fraction of sp³-hybridized carbons (Fsp3) is 0.200. The average molecular weight is 310 g/mol. The Morgan fingerprint density at radius 3 is 2.55 bits per heavy atom. The molecule has 0 aromatic heterocycles. The van der Waals surface area contributed by atoms with Gasteiger partial charge in [-0.3, -0.25) is 0 Å². The zero-order valence-corrected chi connectivity index (χ0v) is 12.4. The van der Waals surface area contributed by atoms with Crippen molar-refractivity contribution < 1.29 is 9.84 Å². The standard InChI is InChI=1S/C15H16ClNO2S/c16-14-3-1-2-4-15(14)20-10-12(18)9-19-13-7-5-11(17)6-8-13/h1-8,12,18H,9-10,17H2. The second-order valence-electron chi connectivity index (χ2n) is 4.28. The molecule has 0 heterocycles. The number of ether oxygens (including phenoxy) is 1. The van der Waals surface area contributed by atoms with Crippen LogP contribution >= 0.6 is 23.4 Å². The molecule has 0 spiro atoms. The van der Waals surface area contributed by atoms with Crippen LogP contribution in [0.25, 0.3) is 0 Å². The van der Waals surface area contributed by atoms with Crippen LogP contribution in [0.4, 0.5) is 5.69 Å². The maximum absolute atomic E-state index is 9.90. The largest absolute Gasteiger partial charge is 0.491 e. The van der Waals surface area contributed by atoms with Gasteiger partial charge in [-0.05, 0) is 36.4 Å². The van der Waals surface area contributed by atoms with E-state index in [1.54, 1.807) is 24.3 Å². The van der Waals surface area contributed by atoms with E-state index in [4.69, 9.17) is 22.1 Å². The third-order valence-corrected chi connectivity index (χ3v) is 4.25. The lowest BCUT2D eigenvalue weighted by molar-refractivity contribution is 0.126. The third kappa shape index (κ3) is 4.63. The van der Waals surface area contributed by atoms with Gasteiger partial charge < -0.3 is 15.6 Å². The van der Waals surface area contributed by atoms with E-state index in [1.807, 2.05) is 24.3 Å². The minimum atomic E-state index is -0.561. The van der Waals surface area contributed by atoms with Gasteiger partial charge in [0, 0.05) is 16.3 Å². The van der Waals surface area contributed by atoms with Crippen molar-refractivity contribution in [3.8, 4) is 5.75 Å². The monoisotopic (exact) mass is 309 g/mol. The highest BCUT2D eigenvalue weighted by molar-refractivity contribution is 7.99. The van der Waals surface area contributed by atoms with E-state index in [0.717, 1.165) is 4.90 Å². The van der Waals surface area contributed by atoms with E-state index in [1.165, 1.54) is 11.8 Å². The molecule has 20 heavy (non-hydrogen) atoms. The Hall–Kier alpha value is -1.36. The predicted octanol–water partition coefficient (Wildman–Crippen LogP) is 3.45. The molecule has 2 aromatic rings. The van der Waals surface area contributed by atoms with Crippen molar-refractivity contribution in [2.45, 2.75) is 11.0 Å². The maximum Gasteiger partial charge on any atom is 0.119 e. The Morgan fingerprint density at radius 1 is 1.15 bits per heavy atom. The lowest BCUT2D eigenvalue weighted by Crippen LogP contribution is -2.20. The number of aliphatic hydroxyl groups is 1. The number of hydrogen-bond acceptors (Lipinski definition) is 4. The van der Waals surface area contributed by atoms with Gasteiger partial charge in [0.15, 0.2) is 0 Å². The van der Waals surface area contributed by atoms with Crippen molar-refractivity contribution in [2.75, 3.05) is 18.1 Å². The summed E-state index contributed by atoms with van der Waals surface area (Å²) < 4.78 is 5.49. The van der Waals surface area contributed by atoms with Crippen molar-refractivity contribution in [3.05, 3.63) is 53.6 Å². The summed E-state index contributed by atoms with van der Waals surface area (Å²) in [5, 5.41) is 10.6. The summed E-state index contributed by atoms with van der Waals surface area (Å²) in [5.41, 5.74) is 6.28. The molecule has 0 fully saturated rings. The van der Waals surface area contributed by atoms with Crippen molar-refractivity contribution >= 4 is 29.1 Å². The molecule has 1 unspecified atom stereocenters. The van der Waals surface area contributed by atoms with Crippen molar-refractivity contribution in [1.82, 2.24) is 0 Å². The molecule has 5 heteroatoms. The predicted molar refractivity (Wildman–Crippen MR) is 84.5 cm³/mol. The average Bonchev–Trinajstić information content (AvgIpc) is 2.46. The summed E-state index contributed by atoms with van der Waals surface area (Å²) in [6, 6.07) is 14.7. The molecular weight excluding hydrogens is 294 g/mol. The van der Waals surface area contributed by atoms with E-state index in [-0.39, 0.29) is 6.61 Å². The summed E-state index contributed by atoms with van der Waals surface area (Å²) in [6.07, 6.45) is -0.561. The van der Waals surface area contributed by atoms with Crippen LogP contribution < -0.4 is 10.5 Å². The Labute approximate surface area is 127 Å². The van der Waals surface area contributed by atoms with Crippen LogP contribution in [0.5, 0.6) is 5.75 Å². The van der Waals surface area contributed by atoms with E-state index >= 15 is 0 Å². The van der Waals surface area contributed by atoms with Gasteiger partial charge in [0.05, 0.1) is 11.1 Å². The van der Waals surface area contributed by atoms with Crippen LogP contribution in [0.2, 0.25) is 5.02 Å². The van der Waals surface area contributed by atoms with Crippen molar-refractivity contribution in [3.63, 3.8) is 0 Å². The highest BCUT2D eigenvalue weighted by atomic mass is 35.5. The van der Waals surface area contributed by atoms with Gasteiger partial charge in [0.1, 0.15) is 12.4 Å². The fourth-order valence-electron chi connectivity index (χ4n) is 1.55. The summed E-state index contributed by atoms with van der Waals surface area (Å²) in [6.45, 7) is 0.237. The third-order valence-electron chi connectivity index (χ3n) is 2.59. The number of halogens is 1. The van der Waals surface area contributed by atoms with Gasteiger partial charge in [-0.2, -0.15) is 0 Å². The Balaban J connectivity index is 1.77. The molecule has 3 nitrogen and oxygen atoms in total. The van der Waals surface area contributed by atoms with E-state index in [2.05, 4.69) is 0 Å². The molecule has 0 saturated heterocycles. The van der Waals surface area contributed by atoms with Gasteiger partial charge in [0.2, 0.25) is 0 Å². The first kappa shape index (κ1) is 15.0. The van der Waals surface area contributed by atoms with Crippen LogP contribution in [0, 0.1) is 0 Å². The van der Waals surface area contributed by atoms with E-state index < -0.39 is 6.10 Å². The fourth-order valence-corrected chi connectivity index (χ4v) is 2.70. The SMILES string of the molecule is Nc1ccc(OCC(O)CSc2ccccc2Cl)cc1. The molecule has 0 bridgehead atoms. The zero-order valence-electron chi connectivity index (χ0n) is 10.8. The van der Waals surface area contributed by atoms with Gasteiger partial charge in [-0.15, -0.1) is 11.8 Å². The van der Waals surface area contributed by atoms with Gasteiger partial charge in [0.25, 0.3) is 0 Å². The molecule has 2 aromatic carbocycles. The van der Waals surface area contributed by atoms with Gasteiger partial charge >= 0.3 is 0 Å². The van der Waals surface area contributed by atoms with Crippen LogP contribution in [0.15, 0.2) is 53.4 Å². The van der Waals surface area contributed by atoms with E-state index in [0.29, 0.717) is 22.2 Å². The first-order valence-electron chi connectivity index (χ1n) is 6.19. The number of nitrogens with two attached hydrogens (primary N) is 1. The number of thioether (sulfide) groups is 1. The second kappa shape index (κ2) is 7.43. The topological polar surface area (TPSA) is 55.5 Å². The molecular formula is C15H16ClNO2S. The number of benzene rings is 2. The van der Waals surface area contributed by atoms with Gasteiger partial charge in [-0.1, -0.05) is 23.7 Å². The minimum Gasteiger partial charge on any atom is -0.491 e. The van der Waals surface area contributed by atoms with Crippen molar-refractivity contribution in [2.24, 2.45) is 0 Å². The van der Waals surface area contributed by atoms with Crippen LogP contribution in [0.1, 0.15) is 0 Å². The Morgan fingerprint density at radius 2 is 1.85 bits per heavy atom. The molecule has 0 radical (unpaired) electrons. The normalized spacial score (nSPS) is 12.1. The van der Waals surface area contributed by atoms with Crippen LogP contribution in [-0.2, 0) is 0 Å². The highest BCUT2D eigenvalue weighted by Gasteiger charge is 2.08. The van der Waals surface area contributed by atoms with Crippen LogP contribution in [-0.4, -0.2) is 23.6 Å². The Bertz CT molecular complexity index is 548. The minimum absolute atomic E-state index is 0.237. The van der Waals surface area contributed by atoms with E-state index in [9.17, 15) is 5.11 Å². The maximum atomic E-state index is 9.90. The highest BCUT2D eigenvalue weighted by Crippen LogP contribution is 2.27. The molecule has 0 saturated carbocycles. The molecule has 0 aliphatic carbocycles. The number of nitrogen functional groups attached to an aromatic ring is 1. The Kier molecular flexibility index (Phi) is 5.59. The lowest BCUT2D eigenvalue weighted by atomic mass is 10.3. The smallest absolute Gasteiger partial charge is 0.119 e. The van der Waals surface area contributed by atoms with Crippen LogP contribution in [0.3, 0.4) is 0 Å². The van der Waals surface area contributed by atoms with Crippen molar-refractivity contribution in [1.29, 1.82) is 0 Å². The quantitative estimate of drug-likeness (QED) is 0.634. The zero-order chi connectivity index (χ0) is 14.4. The second-order valence-corrected chi connectivity index (χ2v) is 5.74. The summed E-state index contributed by atoms with van der Waals surface area (Å²) in [4.78, 5) is 0.959. The summed E-state index contributed by atoms with van der Waals surface area (Å²) in [7, 11) is 0.